The third-order valence-electron chi connectivity index (χ3n) is 3.88. The van der Waals surface area contributed by atoms with Crippen LogP contribution in [0, 0.1) is 13.8 Å². The van der Waals surface area contributed by atoms with E-state index in [2.05, 4.69) is 4.98 Å². The second-order valence-corrected chi connectivity index (χ2v) is 6.50. The molecule has 0 saturated carbocycles. The summed E-state index contributed by atoms with van der Waals surface area (Å²) in [4.78, 5) is 39.6. The van der Waals surface area contributed by atoms with E-state index in [1.54, 1.807) is 13.8 Å². The van der Waals surface area contributed by atoms with Gasteiger partial charge >= 0.3 is 11.9 Å². The highest BCUT2D eigenvalue weighted by Gasteiger charge is 2.28. The topological polar surface area (TPSA) is 85.5 Å². The van der Waals surface area contributed by atoms with Crippen molar-refractivity contribution < 1.29 is 23.9 Å². The predicted octanol–water partition coefficient (Wildman–Crippen LogP) is 4.15. The van der Waals surface area contributed by atoms with Gasteiger partial charge in [-0.15, -0.1) is 0 Å². The average molecular weight is 398 g/mol. The molecule has 0 fully saturated rings. The number of hydrogen-bond acceptors (Lipinski definition) is 5. The van der Waals surface area contributed by atoms with Gasteiger partial charge in [0.25, 0.3) is 0 Å². The van der Waals surface area contributed by atoms with Crippen LogP contribution < -0.4 is 0 Å². The Morgan fingerprint density at radius 1 is 1.12 bits per heavy atom. The lowest BCUT2D eigenvalue weighted by molar-refractivity contribution is 0.0317. The minimum Gasteiger partial charge on any atom is -0.465 e. The van der Waals surface area contributed by atoms with Crippen LogP contribution in [0.25, 0.3) is 0 Å². The van der Waals surface area contributed by atoms with Gasteiger partial charge in [-0.3, -0.25) is 4.79 Å². The highest BCUT2D eigenvalue weighted by Crippen LogP contribution is 2.24. The number of aromatic amines is 1. The number of carbonyl (C=O) groups is 3. The van der Waals surface area contributed by atoms with Gasteiger partial charge in [-0.25, -0.2) is 9.59 Å². The number of esters is 2. The summed E-state index contributed by atoms with van der Waals surface area (Å²) in [7, 11) is 1.26. The van der Waals surface area contributed by atoms with Gasteiger partial charge in [-0.05, 0) is 44.5 Å². The van der Waals surface area contributed by atoms with Crippen molar-refractivity contribution in [2.45, 2.75) is 26.9 Å². The molecule has 0 saturated heterocycles. The summed E-state index contributed by atoms with van der Waals surface area (Å²) >= 11 is 11.8. The number of aryl methyl sites for hydroxylation is 1. The zero-order chi connectivity index (χ0) is 19.6. The Kier molecular flexibility index (Phi) is 6.10. The molecule has 0 aliphatic rings. The van der Waals surface area contributed by atoms with Crippen LogP contribution in [0.4, 0.5) is 0 Å². The average Bonchev–Trinajstić information content (AvgIpc) is 2.87. The van der Waals surface area contributed by atoms with E-state index in [1.807, 2.05) is 0 Å². The van der Waals surface area contributed by atoms with E-state index in [-0.39, 0.29) is 21.8 Å². The second kappa shape index (κ2) is 7.93. The van der Waals surface area contributed by atoms with Gasteiger partial charge in [0.1, 0.15) is 0 Å². The molecule has 0 amide bonds. The van der Waals surface area contributed by atoms with Crippen LogP contribution in [-0.2, 0) is 9.47 Å². The van der Waals surface area contributed by atoms with Crippen LogP contribution in [0.2, 0.25) is 10.0 Å². The summed E-state index contributed by atoms with van der Waals surface area (Å²) in [6.45, 7) is 4.71. The monoisotopic (exact) mass is 397 g/mol. The number of methoxy groups -OCH3 is 1. The number of hydrogen-bond donors (Lipinski definition) is 1. The van der Waals surface area contributed by atoms with Gasteiger partial charge in [0.05, 0.1) is 29.0 Å². The fraction of sp³-hybridized carbons (Fsp3) is 0.278. The number of ketones is 1. The number of ether oxygens (including phenoxy) is 2. The summed E-state index contributed by atoms with van der Waals surface area (Å²) in [5.41, 5.74) is 1.51. The zero-order valence-corrected chi connectivity index (χ0v) is 16.1. The molecule has 0 aliphatic heterocycles. The third kappa shape index (κ3) is 3.92. The number of rotatable bonds is 5. The number of aromatic nitrogens is 1. The lowest BCUT2D eigenvalue weighted by atomic mass is 10.1. The summed E-state index contributed by atoms with van der Waals surface area (Å²) in [6.07, 6.45) is -1.09. The molecule has 2 aromatic rings. The molecule has 26 heavy (non-hydrogen) atoms. The Labute approximate surface area is 160 Å². The van der Waals surface area contributed by atoms with Gasteiger partial charge < -0.3 is 14.5 Å². The van der Waals surface area contributed by atoms with Crippen molar-refractivity contribution in [2.75, 3.05) is 7.11 Å². The van der Waals surface area contributed by atoms with E-state index >= 15 is 0 Å². The molecule has 2 rings (SSSR count). The fourth-order valence-electron chi connectivity index (χ4n) is 2.54. The van der Waals surface area contributed by atoms with Crippen molar-refractivity contribution in [3.05, 3.63) is 56.3 Å². The molecule has 8 heteroatoms. The van der Waals surface area contributed by atoms with Crippen LogP contribution in [-0.4, -0.2) is 35.9 Å². The minimum atomic E-state index is -1.09. The maximum atomic E-state index is 12.6. The quantitative estimate of drug-likeness (QED) is 0.604. The van der Waals surface area contributed by atoms with Gasteiger partial charge in [0, 0.05) is 10.7 Å². The molecule has 1 aromatic carbocycles. The SMILES string of the molecule is COC(=O)c1c(C)[nH]c(C(=O)[C@H](C)OC(=O)c2ccc(Cl)cc2Cl)c1C. The summed E-state index contributed by atoms with van der Waals surface area (Å²) in [6, 6.07) is 4.33. The smallest absolute Gasteiger partial charge is 0.340 e. The van der Waals surface area contributed by atoms with Gasteiger partial charge in [-0.2, -0.15) is 0 Å². The molecule has 0 spiro atoms. The highest BCUT2D eigenvalue weighted by molar-refractivity contribution is 6.36. The molecule has 0 radical (unpaired) electrons. The second-order valence-electron chi connectivity index (χ2n) is 5.65. The van der Waals surface area contributed by atoms with Crippen molar-refractivity contribution in [1.82, 2.24) is 4.98 Å². The summed E-state index contributed by atoms with van der Waals surface area (Å²) in [5, 5.41) is 0.505. The first kappa shape index (κ1) is 20.0. The third-order valence-corrected chi connectivity index (χ3v) is 4.43. The number of carbonyl (C=O) groups excluding carboxylic acids is 3. The van der Waals surface area contributed by atoms with E-state index in [0.29, 0.717) is 16.3 Å². The minimum absolute atomic E-state index is 0.102. The molecule has 1 aromatic heterocycles. The molecule has 0 unspecified atom stereocenters. The lowest BCUT2D eigenvalue weighted by Crippen LogP contribution is -2.25. The molecule has 6 nitrogen and oxygen atoms in total. The number of H-pyrrole nitrogens is 1. The Morgan fingerprint density at radius 3 is 2.35 bits per heavy atom. The standard InChI is InChI=1S/C18H17Cl2NO5/c1-8-14(18(24)25-4)9(2)21-15(8)16(22)10(3)26-17(23)12-6-5-11(19)7-13(12)20/h5-7,10,21H,1-4H3/t10-/m0/s1. The first-order valence-electron chi connectivity index (χ1n) is 7.65. The largest absolute Gasteiger partial charge is 0.465 e. The molecular formula is C18H17Cl2NO5. The predicted molar refractivity (Wildman–Crippen MR) is 97.3 cm³/mol. The molecule has 1 heterocycles. The molecule has 1 N–H and O–H groups in total. The number of halogens is 2. The Bertz CT molecular complexity index is 888. The van der Waals surface area contributed by atoms with Crippen molar-refractivity contribution in [3.8, 4) is 0 Å². The fourth-order valence-corrected chi connectivity index (χ4v) is 3.03. The van der Waals surface area contributed by atoms with Crippen LogP contribution in [0.3, 0.4) is 0 Å². The van der Waals surface area contributed by atoms with E-state index in [4.69, 9.17) is 32.7 Å². The molecule has 1 atom stereocenters. The van der Waals surface area contributed by atoms with E-state index in [1.165, 1.54) is 32.2 Å². The Balaban J connectivity index is 2.22. The normalized spacial score (nSPS) is 11.8. The van der Waals surface area contributed by atoms with Crippen LogP contribution in [0.1, 0.15) is 49.4 Å². The van der Waals surface area contributed by atoms with Crippen LogP contribution >= 0.6 is 23.2 Å². The molecule has 0 aliphatic carbocycles. The number of Topliss-reactive ketones (excluding diaryl/α,β-unsaturated/α-hetero) is 1. The lowest BCUT2D eigenvalue weighted by Gasteiger charge is -2.13. The van der Waals surface area contributed by atoms with Crippen molar-refractivity contribution in [3.63, 3.8) is 0 Å². The molecular weight excluding hydrogens is 381 g/mol. The van der Waals surface area contributed by atoms with Gasteiger partial charge in [-0.1, -0.05) is 23.2 Å². The van der Waals surface area contributed by atoms with Crippen LogP contribution in [0.15, 0.2) is 18.2 Å². The number of nitrogens with one attached hydrogen (secondary N) is 1. The van der Waals surface area contributed by atoms with Gasteiger partial charge in [0.2, 0.25) is 5.78 Å². The van der Waals surface area contributed by atoms with E-state index in [0.717, 1.165) is 0 Å². The van der Waals surface area contributed by atoms with Crippen molar-refractivity contribution in [2.24, 2.45) is 0 Å². The first-order valence-corrected chi connectivity index (χ1v) is 8.40. The molecule has 138 valence electrons. The Hall–Kier alpha value is -2.31. The van der Waals surface area contributed by atoms with Crippen molar-refractivity contribution in [1.29, 1.82) is 0 Å². The maximum absolute atomic E-state index is 12.6. The van der Waals surface area contributed by atoms with Crippen LogP contribution in [0.5, 0.6) is 0 Å². The number of benzene rings is 1. The van der Waals surface area contributed by atoms with Crippen molar-refractivity contribution >= 4 is 40.9 Å². The maximum Gasteiger partial charge on any atom is 0.340 e. The molecule has 0 bridgehead atoms. The van der Waals surface area contributed by atoms with E-state index in [9.17, 15) is 14.4 Å². The zero-order valence-electron chi connectivity index (χ0n) is 14.6. The highest BCUT2D eigenvalue weighted by atomic mass is 35.5. The van der Waals surface area contributed by atoms with E-state index < -0.39 is 23.8 Å². The summed E-state index contributed by atoms with van der Waals surface area (Å²) in [5.74, 6) is -1.77. The Morgan fingerprint density at radius 2 is 1.77 bits per heavy atom. The van der Waals surface area contributed by atoms with Gasteiger partial charge in [0.15, 0.2) is 6.10 Å². The summed E-state index contributed by atoms with van der Waals surface area (Å²) < 4.78 is 9.93. The first-order chi connectivity index (χ1) is 12.2.